The molecule has 0 saturated heterocycles. The van der Waals surface area contributed by atoms with Crippen molar-refractivity contribution in [2.45, 2.75) is 19.1 Å². The molecule has 1 aromatic carbocycles. The fourth-order valence-electron chi connectivity index (χ4n) is 2.70. The number of benzene rings is 1. The molecule has 3 rings (SSSR count). The molecular weight excluding hydrogens is 361 g/mol. The molecule has 0 radical (unpaired) electrons. The largest absolute Gasteiger partial charge is 0.839 e. The molecule has 138 valence electrons. The Bertz CT molecular complexity index is 1030. The fourth-order valence-corrected chi connectivity index (χ4v) is 2.70. The number of hydrogen-bond donors (Lipinski definition) is 1. The molecule has 3 aromatic rings. The number of hydrogen-bond acceptors (Lipinski definition) is 3. The lowest BCUT2D eigenvalue weighted by Crippen LogP contribution is -2.36. The standard InChI is InChI=1S/C18H13F3N4O2/c19-18(20,21)12-5-7-13(8-6-12)23-16(26)15-17(27)25(11-3-9-22)14-4-1-2-10-24(14)15/h1-2,4-8,10H,3,11H2,(H-,23,26,27). The van der Waals surface area contributed by atoms with Crippen molar-refractivity contribution >= 4 is 17.2 Å². The van der Waals surface area contributed by atoms with Crippen molar-refractivity contribution < 1.29 is 27.6 Å². The number of pyridine rings is 1. The van der Waals surface area contributed by atoms with Crippen molar-refractivity contribution in [3.63, 3.8) is 0 Å². The molecule has 2 aromatic heterocycles. The first-order valence-electron chi connectivity index (χ1n) is 7.88. The van der Waals surface area contributed by atoms with Gasteiger partial charge in [-0.25, -0.2) is 4.57 Å². The number of aromatic nitrogens is 2. The smallest absolute Gasteiger partial charge is 0.416 e. The van der Waals surface area contributed by atoms with Crippen LogP contribution in [-0.2, 0) is 12.7 Å². The van der Waals surface area contributed by atoms with E-state index in [2.05, 4.69) is 5.32 Å². The fraction of sp³-hybridized carbons (Fsp3) is 0.167. The summed E-state index contributed by atoms with van der Waals surface area (Å²) in [4.78, 5) is 12.6. The Morgan fingerprint density at radius 1 is 1.22 bits per heavy atom. The Balaban J connectivity index is 1.94. The summed E-state index contributed by atoms with van der Waals surface area (Å²) in [6, 6.07) is 10.8. The zero-order valence-corrected chi connectivity index (χ0v) is 13.8. The number of halogens is 3. The highest BCUT2D eigenvalue weighted by molar-refractivity contribution is 6.04. The van der Waals surface area contributed by atoms with Gasteiger partial charge in [0.1, 0.15) is 12.4 Å². The van der Waals surface area contributed by atoms with Crippen LogP contribution in [0.4, 0.5) is 18.9 Å². The third-order valence-electron chi connectivity index (χ3n) is 3.94. The topological polar surface area (TPSA) is 84.2 Å². The van der Waals surface area contributed by atoms with Gasteiger partial charge in [-0.15, -0.1) is 0 Å². The highest BCUT2D eigenvalue weighted by Gasteiger charge is 2.30. The van der Waals surface area contributed by atoms with Gasteiger partial charge in [-0.3, -0.25) is 4.79 Å². The number of nitriles is 1. The molecule has 0 saturated carbocycles. The average molecular weight is 374 g/mol. The Kier molecular flexibility index (Phi) is 4.73. The number of aryl methyl sites for hydroxylation is 1. The average Bonchev–Trinajstić information content (AvgIpc) is 2.91. The van der Waals surface area contributed by atoms with E-state index >= 15 is 0 Å². The van der Waals surface area contributed by atoms with Crippen LogP contribution in [0.25, 0.3) is 5.65 Å². The van der Waals surface area contributed by atoms with Gasteiger partial charge >= 0.3 is 6.18 Å². The van der Waals surface area contributed by atoms with Gasteiger partial charge in [0, 0.05) is 11.8 Å². The van der Waals surface area contributed by atoms with Crippen LogP contribution >= 0.6 is 0 Å². The van der Waals surface area contributed by atoms with Crippen LogP contribution < -0.4 is 15.0 Å². The first kappa shape index (κ1) is 18.3. The maximum atomic E-state index is 12.6. The number of rotatable bonds is 4. The number of imidazole rings is 1. The van der Waals surface area contributed by atoms with E-state index in [-0.39, 0.29) is 24.3 Å². The van der Waals surface area contributed by atoms with E-state index in [0.717, 1.165) is 24.3 Å². The lowest BCUT2D eigenvalue weighted by atomic mass is 10.2. The van der Waals surface area contributed by atoms with E-state index in [1.54, 1.807) is 18.2 Å². The number of carbonyl (C=O) groups is 1. The minimum absolute atomic E-state index is 0.0917. The van der Waals surface area contributed by atoms with Crippen LogP contribution in [0.15, 0.2) is 48.7 Å². The van der Waals surface area contributed by atoms with Gasteiger partial charge in [0.25, 0.3) is 11.6 Å². The molecule has 1 amide bonds. The Morgan fingerprint density at radius 2 is 1.93 bits per heavy atom. The molecule has 0 bridgehead atoms. The van der Waals surface area contributed by atoms with E-state index in [1.807, 2.05) is 6.07 Å². The van der Waals surface area contributed by atoms with Crippen LogP contribution in [-0.4, -0.2) is 10.3 Å². The molecule has 0 unspecified atom stereocenters. The summed E-state index contributed by atoms with van der Waals surface area (Å²) >= 11 is 0. The van der Waals surface area contributed by atoms with Gasteiger partial charge in [-0.1, -0.05) is 6.07 Å². The number of amides is 1. The van der Waals surface area contributed by atoms with Crippen molar-refractivity contribution in [1.29, 1.82) is 5.26 Å². The molecule has 0 aliphatic heterocycles. The predicted octanol–water partition coefficient (Wildman–Crippen LogP) is 2.49. The third kappa shape index (κ3) is 3.55. The third-order valence-corrected chi connectivity index (χ3v) is 3.94. The lowest BCUT2D eigenvalue weighted by Gasteiger charge is -2.09. The van der Waals surface area contributed by atoms with Crippen LogP contribution in [0, 0.1) is 11.3 Å². The Hall–Kier alpha value is -3.54. The van der Waals surface area contributed by atoms with Gasteiger partial charge in [-0.2, -0.15) is 22.8 Å². The van der Waals surface area contributed by atoms with Crippen molar-refractivity contribution in [1.82, 2.24) is 4.40 Å². The van der Waals surface area contributed by atoms with Gasteiger partial charge < -0.3 is 10.4 Å². The molecule has 0 atom stereocenters. The highest BCUT2D eigenvalue weighted by Crippen LogP contribution is 2.30. The lowest BCUT2D eigenvalue weighted by molar-refractivity contribution is -0.711. The SMILES string of the molecule is N#CCC[n+]1c([O-])c(C(=O)Nc2ccc(C(F)(F)F)cc2)n2ccccc21. The number of anilines is 1. The number of fused-ring (bicyclic) bond motifs is 1. The van der Waals surface area contributed by atoms with Gasteiger partial charge in [0.05, 0.1) is 24.3 Å². The second-order valence-electron chi connectivity index (χ2n) is 5.67. The number of alkyl halides is 3. The molecule has 0 fully saturated rings. The molecule has 9 heteroatoms. The summed E-state index contributed by atoms with van der Waals surface area (Å²) in [5, 5.41) is 23.8. The summed E-state index contributed by atoms with van der Waals surface area (Å²) < 4.78 is 40.6. The van der Waals surface area contributed by atoms with Crippen molar-refractivity contribution in [2.24, 2.45) is 0 Å². The van der Waals surface area contributed by atoms with E-state index in [4.69, 9.17) is 5.26 Å². The highest BCUT2D eigenvalue weighted by atomic mass is 19.4. The van der Waals surface area contributed by atoms with Crippen LogP contribution in [0.1, 0.15) is 22.5 Å². The quantitative estimate of drug-likeness (QED) is 0.712. The van der Waals surface area contributed by atoms with Crippen molar-refractivity contribution in [2.75, 3.05) is 5.32 Å². The minimum atomic E-state index is -4.48. The normalized spacial score (nSPS) is 11.3. The first-order chi connectivity index (χ1) is 12.8. The molecule has 0 aliphatic rings. The summed E-state index contributed by atoms with van der Waals surface area (Å²) in [5.74, 6) is -1.34. The van der Waals surface area contributed by atoms with Crippen LogP contribution in [0.2, 0.25) is 0 Å². The van der Waals surface area contributed by atoms with Crippen LogP contribution in [0.3, 0.4) is 0 Å². The zero-order valence-electron chi connectivity index (χ0n) is 13.8. The molecule has 2 heterocycles. The number of nitrogens with zero attached hydrogens (tertiary/aromatic N) is 3. The summed E-state index contributed by atoms with van der Waals surface area (Å²) in [7, 11) is 0. The summed E-state index contributed by atoms with van der Waals surface area (Å²) in [6.07, 6.45) is -2.86. The second kappa shape index (κ2) is 6.99. The molecule has 0 aliphatic carbocycles. The zero-order chi connectivity index (χ0) is 19.6. The van der Waals surface area contributed by atoms with E-state index < -0.39 is 23.5 Å². The maximum absolute atomic E-state index is 12.6. The van der Waals surface area contributed by atoms with Crippen LogP contribution in [0.5, 0.6) is 5.88 Å². The molecule has 1 N–H and O–H groups in total. The molecular formula is C18H13F3N4O2. The summed E-state index contributed by atoms with van der Waals surface area (Å²) in [5.41, 5.74) is -0.465. The predicted molar refractivity (Wildman–Crippen MR) is 86.7 cm³/mol. The van der Waals surface area contributed by atoms with E-state index in [1.165, 1.54) is 15.2 Å². The van der Waals surface area contributed by atoms with E-state index in [9.17, 15) is 23.1 Å². The molecule has 27 heavy (non-hydrogen) atoms. The van der Waals surface area contributed by atoms with Gasteiger partial charge in [0.15, 0.2) is 0 Å². The maximum Gasteiger partial charge on any atom is 0.416 e. The van der Waals surface area contributed by atoms with Crippen molar-refractivity contribution in [3.05, 3.63) is 59.9 Å². The molecule has 6 nitrogen and oxygen atoms in total. The van der Waals surface area contributed by atoms with E-state index in [0.29, 0.717) is 5.65 Å². The van der Waals surface area contributed by atoms with Gasteiger partial charge in [-0.05, 0) is 30.3 Å². The second-order valence-corrected chi connectivity index (χ2v) is 5.67. The Morgan fingerprint density at radius 3 is 2.56 bits per heavy atom. The van der Waals surface area contributed by atoms with Gasteiger partial charge in [0.2, 0.25) is 5.69 Å². The monoisotopic (exact) mass is 374 g/mol. The first-order valence-corrected chi connectivity index (χ1v) is 7.88. The minimum Gasteiger partial charge on any atom is -0.839 e. The molecule has 0 spiro atoms. The Labute approximate surface area is 151 Å². The number of carbonyl (C=O) groups excluding carboxylic acids is 1. The van der Waals surface area contributed by atoms with Crippen molar-refractivity contribution in [3.8, 4) is 11.9 Å². The number of nitrogens with one attached hydrogen (secondary N) is 1. The summed E-state index contributed by atoms with van der Waals surface area (Å²) in [6.45, 7) is 0.121.